The zero-order valence-corrected chi connectivity index (χ0v) is 16.3. The summed E-state index contributed by atoms with van der Waals surface area (Å²) in [5.74, 6) is 2.27. The first-order valence-electron chi connectivity index (χ1n) is 8.65. The van der Waals surface area contributed by atoms with Crippen LogP contribution in [-0.4, -0.2) is 32.5 Å². The number of fused-ring (bicyclic) bond motifs is 3. The van der Waals surface area contributed by atoms with E-state index in [2.05, 4.69) is 17.1 Å². The number of aromatic nitrogens is 1. The number of thiazole rings is 1. The van der Waals surface area contributed by atoms with Crippen LogP contribution in [0.25, 0.3) is 11.3 Å². The molecule has 5 nitrogen and oxygen atoms in total. The van der Waals surface area contributed by atoms with Gasteiger partial charge in [-0.15, -0.1) is 0 Å². The molecule has 0 fully saturated rings. The molecule has 0 spiro atoms. The molecule has 0 radical (unpaired) electrons. The molecule has 0 saturated carbocycles. The van der Waals surface area contributed by atoms with E-state index >= 15 is 0 Å². The molecule has 138 valence electrons. The Kier molecular flexibility index (Phi) is 4.81. The molecular formula is C21H20N2O3S. The average Bonchev–Trinajstić information content (AvgIpc) is 3.15. The summed E-state index contributed by atoms with van der Waals surface area (Å²) in [6.07, 6.45) is 3.79. The highest BCUT2D eigenvalue weighted by molar-refractivity contribution is 7.15. The van der Waals surface area contributed by atoms with E-state index < -0.39 is 0 Å². The summed E-state index contributed by atoms with van der Waals surface area (Å²) in [7, 11) is 4.94. The normalized spacial score (nSPS) is 12.6. The number of aliphatic imine (C=N–C) groups is 1. The molecule has 0 bridgehead atoms. The van der Waals surface area contributed by atoms with E-state index in [0.29, 0.717) is 11.5 Å². The van der Waals surface area contributed by atoms with Crippen LogP contribution in [0.5, 0.6) is 17.2 Å². The first-order valence-corrected chi connectivity index (χ1v) is 9.46. The van der Waals surface area contributed by atoms with E-state index in [1.807, 2.05) is 24.3 Å². The van der Waals surface area contributed by atoms with Gasteiger partial charge < -0.3 is 14.2 Å². The zero-order chi connectivity index (χ0) is 18.8. The standard InChI is InChI=1S/C21H20N2O3S/c1-24-15-6-7-16-14(11-15)5-9-19-20(16)23-21(27-19)22-12-13-4-8-17(25-2)18(10-13)26-3/h4,6-8,10-12H,5,9H2,1-3H3. The van der Waals surface area contributed by atoms with E-state index in [9.17, 15) is 0 Å². The van der Waals surface area contributed by atoms with Crippen molar-refractivity contribution in [1.29, 1.82) is 0 Å². The quantitative estimate of drug-likeness (QED) is 0.603. The second-order valence-corrected chi connectivity index (χ2v) is 7.23. The molecule has 0 aliphatic heterocycles. The molecule has 6 heteroatoms. The van der Waals surface area contributed by atoms with Gasteiger partial charge in [0.05, 0.1) is 27.0 Å². The van der Waals surface area contributed by atoms with Gasteiger partial charge in [-0.25, -0.2) is 9.98 Å². The van der Waals surface area contributed by atoms with Crippen molar-refractivity contribution in [1.82, 2.24) is 4.98 Å². The topological polar surface area (TPSA) is 52.9 Å². The minimum atomic E-state index is 0.683. The number of hydrogen-bond acceptors (Lipinski definition) is 6. The Bertz CT molecular complexity index is 1010. The fourth-order valence-corrected chi connectivity index (χ4v) is 4.14. The van der Waals surface area contributed by atoms with Crippen molar-refractivity contribution >= 4 is 22.7 Å². The number of ether oxygens (including phenoxy) is 3. The van der Waals surface area contributed by atoms with Crippen LogP contribution in [0.2, 0.25) is 0 Å². The number of rotatable bonds is 5. The molecule has 1 heterocycles. The Balaban J connectivity index is 1.62. The van der Waals surface area contributed by atoms with Gasteiger partial charge in [-0.1, -0.05) is 11.3 Å². The number of methoxy groups -OCH3 is 3. The lowest BCUT2D eigenvalue weighted by molar-refractivity contribution is 0.355. The van der Waals surface area contributed by atoms with Gasteiger partial charge in [-0.3, -0.25) is 0 Å². The minimum Gasteiger partial charge on any atom is -0.497 e. The highest BCUT2D eigenvalue weighted by atomic mass is 32.1. The zero-order valence-electron chi connectivity index (χ0n) is 15.5. The van der Waals surface area contributed by atoms with Crippen molar-refractivity contribution in [2.75, 3.05) is 21.3 Å². The van der Waals surface area contributed by atoms with Gasteiger partial charge in [0, 0.05) is 16.7 Å². The molecule has 4 rings (SSSR count). The van der Waals surface area contributed by atoms with Gasteiger partial charge in [0.2, 0.25) is 5.13 Å². The fraction of sp³-hybridized carbons (Fsp3) is 0.238. The molecule has 0 saturated heterocycles. The third kappa shape index (κ3) is 3.40. The average molecular weight is 380 g/mol. The summed E-state index contributed by atoms with van der Waals surface area (Å²) in [4.78, 5) is 10.6. The van der Waals surface area contributed by atoms with Crippen LogP contribution in [0.1, 0.15) is 16.0 Å². The third-order valence-corrected chi connectivity index (χ3v) is 5.63. The predicted octanol–water partition coefficient (Wildman–Crippen LogP) is 4.69. The minimum absolute atomic E-state index is 0.683. The van der Waals surface area contributed by atoms with Crippen molar-refractivity contribution in [2.24, 2.45) is 4.99 Å². The Hall–Kier alpha value is -2.86. The molecular weight excluding hydrogens is 360 g/mol. The Morgan fingerprint density at radius 1 is 0.963 bits per heavy atom. The summed E-state index contributed by atoms with van der Waals surface area (Å²) in [6.45, 7) is 0. The van der Waals surface area contributed by atoms with Crippen LogP contribution in [0, 0.1) is 0 Å². The van der Waals surface area contributed by atoms with Crippen molar-refractivity contribution in [3.05, 3.63) is 52.4 Å². The van der Waals surface area contributed by atoms with Gasteiger partial charge in [-0.2, -0.15) is 0 Å². The van der Waals surface area contributed by atoms with Gasteiger partial charge in [-0.05, 0) is 60.4 Å². The van der Waals surface area contributed by atoms with E-state index in [1.54, 1.807) is 38.9 Å². The van der Waals surface area contributed by atoms with Gasteiger partial charge >= 0.3 is 0 Å². The Morgan fingerprint density at radius 3 is 2.59 bits per heavy atom. The molecule has 0 amide bonds. The number of nitrogens with zero attached hydrogens (tertiary/aromatic N) is 2. The summed E-state index contributed by atoms with van der Waals surface area (Å²) < 4.78 is 15.9. The van der Waals surface area contributed by atoms with Crippen LogP contribution in [0.3, 0.4) is 0 Å². The van der Waals surface area contributed by atoms with E-state index in [0.717, 1.165) is 35.0 Å². The molecule has 27 heavy (non-hydrogen) atoms. The molecule has 0 atom stereocenters. The monoisotopic (exact) mass is 380 g/mol. The molecule has 3 aromatic rings. The second kappa shape index (κ2) is 7.40. The lowest BCUT2D eigenvalue weighted by atomic mass is 9.93. The first kappa shape index (κ1) is 17.5. The fourth-order valence-electron chi connectivity index (χ4n) is 3.22. The molecule has 1 aliphatic carbocycles. The number of hydrogen-bond donors (Lipinski definition) is 0. The van der Waals surface area contributed by atoms with Crippen LogP contribution in [-0.2, 0) is 12.8 Å². The summed E-state index contributed by atoms with van der Waals surface area (Å²) in [5.41, 5.74) is 4.44. The SMILES string of the molecule is COc1ccc2c(c1)CCc1sc(N=Cc3ccc(OC)c(OC)c3)nc1-2. The molecule has 2 aromatic carbocycles. The van der Waals surface area contributed by atoms with Crippen LogP contribution in [0.4, 0.5) is 5.13 Å². The van der Waals surface area contributed by atoms with E-state index in [-0.39, 0.29) is 0 Å². The molecule has 0 N–H and O–H groups in total. The largest absolute Gasteiger partial charge is 0.497 e. The highest BCUT2D eigenvalue weighted by Gasteiger charge is 2.21. The summed E-state index contributed by atoms with van der Waals surface area (Å²) in [5, 5.41) is 0.762. The number of benzene rings is 2. The Labute approximate surface area is 162 Å². The molecule has 0 unspecified atom stereocenters. The van der Waals surface area contributed by atoms with Crippen LogP contribution < -0.4 is 14.2 Å². The molecule has 1 aliphatic rings. The maximum absolute atomic E-state index is 5.34. The summed E-state index contributed by atoms with van der Waals surface area (Å²) in [6, 6.07) is 11.9. The van der Waals surface area contributed by atoms with E-state index in [4.69, 9.17) is 19.2 Å². The maximum atomic E-state index is 5.34. The van der Waals surface area contributed by atoms with Crippen LogP contribution >= 0.6 is 11.3 Å². The van der Waals surface area contributed by atoms with Gasteiger partial charge in [0.1, 0.15) is 5.75 Å². The van der Waals surface area contributed by atoms with Crippen molar-refractivity contribution in [3.63, 3.8) is 0 Å². The van der Waals surface area contributed by atoms with Gasteiger partial charge in [0.25, 0.3) is 0 Å². The third-order valence-electron chi connectivity index (χ3n) is 4.61. The summed E-state index contributed by atoms with van der Waals surface area (Å²) >= 11 is 1.65. The van der Waals surface area contributed by atoms with Crippen molar-refractivity contribution < 1.29 is 14.2 Å². The van der Waals surface area contributed by atoms with Gasteiger partial charge in [0.15, 0.2) is 11.5 Å². The van der Waals surface area contributed by atoms with E-state index in [1.165, 1.54) is 16.0 Å². The van der Waals surface area contributed by atoms with Crippen molar-refractivity contribution in [3.8, 4) is 28.5 Å². The number of aryl methyl sites for hydroxylation is 2. The predicted molar refractivity (Wildman–Crippen MR) is 108 cm³/mol. The maximum Gasteiger partial charge on any atom is 0.209 e. The lowest BCUT2D eigenvalue weighted by Crippen LogP contribution is -2.02. The molecule has 1 aromatic heterocycles. The Morgan fingerprint density at radius 2 is 1.81 bits per heavy atom. The highest BCUT2D eigenvalue weighted by Crippen LogP contribution is 2.40. The van der Waals surface area contributed by atoms with Crippen molar-refractivity contribution in [2.45, 2.75) is 12.8 Å². The second-order valence-electron chi connectivity index (χ2n) is 6.16. The van der Waals surface area contributed by atoms with Crippen LogP contribution in [0.15, 0.2) is 41.4 Å². The first-order chi connectivity index (χ1) is 13.2. The lowest BCUT2D eigenvalue weighted by Gasteiger charge is -2.15. The smallest absolute Gasteiger partial charge is 0.209 e.